The largest absolute Gasteiger partial charge is 0.374 e. The monoisotopic (exact) mass is 282 g/mol. The summed E-state index contributed by atoms with van der Waals surface area (Å²) >= 11 is 1.34. The van der Waals surface area contributed by atoms with Gasteiger partial charge in [0.05, 0.1) is 4.92 Å². The van der Waals surface area contributed by atoms with Gasteiger partial charge in [-0.1, -0.05) is 0 Å². The molecule has 0 aliphatic carbocycles. The molecule has 0 aliphatic heterocycles. The number of nitro groups is 1. The van der Waals surface area contributed by atoms with Gasteiger partial charge in [-0.15, -0.1) is 11.8 Å². The normalized spacial score (nSPS) is 11.6. The predicted octanol–water partition coefficient (Wildman–Crippen LogP) is 1.54. The van der Waals surface area contributed by atoms with Crippen LogP contribution in [0.1, 0.15) is 5.56 Å². The number of aromatic nitrogens is 1. The second-order valence-corrected chi connectivity index (χ2v) is 4.85. The number of nitrogens with zero attached hydrogens (tertiary/aromatic N) is 3. The number of pyridine rings is 1. The van der Waals surface area contributed by atoms with Crippen molar-refractivity contribution in [2.75, 3.05) is 26.4 Å². The first-order valence-corrected chi connectivity index (χ1v) is 7.05. The second kappa shape index (κ2) is 8.49. The van der Waals surface area contributed by atoms with Gasteiger partial charge in [-0.3, -0.25) is 15.1 Å². The number of thioether (sulfide) groups is 1. The van der Waals surface area contributed by atoms with Crippen molar-refractivity contribution < 1.29 is 4.92 Å². The van der Waals surface area contributed by atoms with Crippen LogP contribution in [0.3, 0.4) is 0 Å². The molecule has 0 bridgehead atoms. The molecule has 0 aromatic carbocycles. The van der Waals surface area contributed by atoms with Gasteiger partial charge >= 0.3 is 0 Å². The molecule has 0 radical (unpaired) electrons. The van der Waals surface area contributed by atoms with E-state index in [0.717, 1.165) is 19.3 Å². The molecule has 0 fully saturated rings. The van der Waals surface area contributed by atoms with Crippen LogP contribution in [0.2, 0.25) is 0 Å². The summed E-state index contributed by atoms with van der Waals surface area (Å²) in [5.41, 5.74) is 1.20. The second-order valence-electron chi connectivity index (χ2n) is 4.00. The average molecular weight is 282 g/mol. The first-order valence-electron chi connectivity index (χ1n) is 5.82. The van der Waals surface area contributed by atoms with Crippen molar-refractivity contribution in [1.82, 2.24) is 15.2 Å². The highest BCUT2D eigenvalue weighted by Crippen LogP contribution is 2.06. The van der Waals surface area contributed by atoms with Gasteiger partial charge in [-0.25, -0.2) is 0 Å². The van der Waals surface area contributed by atoms with Crippen molar-refractivity contribution >= 4 is 11.8 Å². The van der Waals surface area contributed by atoms with Gasteiger partial charge in [0.2, 0.25) is 0 Å². The smallest absolute Gasteiger partial charge is 0.263 e. The van der Waals surface area contributed by atoms with Crippen molar-refractivity contribution in [3.63, 3.8) is 0 Å². The highest BCUT2D eigenvalue weighted by Gasteiger charge is 2.03. The first kappa shape index (κ1) is 15.5. The standard InChI is InChI=1S/C12H18N4O2S/c1-15(9-11-3-5-13-6-4-11)8-7-14-12(19-2)10-16(17)18/h3-6,10,14H,7-9H2,1-2H3. The summed E-state index contributed by atoms with van der Waals surface area (Å²) in [5.74, 6) is 0. The fraction of sp³-hybridized carbons (Fsp3) is 0.417. The van der Waals surface area contributed by atoms with Gasteiger partial charge in [0, 0.05) is 32.0 Å². The third-order valence-corrected chi connectivity index (χ3v) is 3.13. The summed E-state index contributed by atoms with van der Waals surface area (Å²) < 4.78 is 0. The number of nitrogens with one attached hydrogen (secondary N) is 1. The van der Waals surface area contributed by atoms with Gasteiger partial charge in [-0.05, 0) is 31.0 Å². The maximum absolute atomic E-state index is 10.4. The van der Waals surface area contributed by atoms with Crippen molar-refractivity contribution in [3.8, 4) is 0 Å². The van der Waals surface area contributed by atoms with Gasteiger partial charge in [0.25, 0.3) is 6.20 Å². The van der Waals surface area contributed by atoms with E-state index in [2.05, 4.69) is 15.2 Å². The van der Waals surface area contributed by atoms with Crippen LogP contribution in [0.5, 0.6) is 0 Å². The molecule has 0 spiro atoms. The molecule has 0 saturated carbocycles. The van der Waals surface area contributed by atoms with Crippen LogP contribution < -0.4 is 5.32 Å². The summed E-state index contributed by atoms with van der Waals surface area (Å²) in [6.07, 6.45) is 6.34. The summed E-state index contributed by atoms with van der Waals surface area (Å²) in [4.78, 5) is 16.0. The molecule has 7 heteroatoms. The Hall–Kier alpha value is -1.60. The van der Waals surface area contributed by atoms with E-state index >= 15 is 0 Å². The molecule has 1 aromatic rings. The fourth-order valence-corrected chi connectivity index (χ4v) is 1.95. The van der Waals surface area contributed by atoms with Crippen molar-refractivity contribution in [3.05, 3.63) is 51.4 Å². The van der Waals surface area contributed by atoms with Gasteiger partial charge in [-0.2, -0.15) is 0 Å². The van der Waals surface area contributed by atoms with E-state index in [-0.39, 0.29) is 0 Å². The lowest BCUT2D eigenvalue weighted by Crippen LogP contribution is -2.28. The van der Waals surface area contributed by atoms with Crippen molar-refractivity contribution in [1.29, 1.82) is 0 Å². The molecule has 0 aliphatic rings. The van der Waals surface area contributed by atoms with E-state index < -0.39 is 4.92 Å². The Kier molecular flexibility index (Phi) is 6.91. The van der Waals surface area contributed by atoms with Crippen LogP contribution in [-0.4, -0.2) is 41.2 Å². The number of rotatable bonds is 8. The Morgan fingerprint density at radius 1 is 1.58 bits per heavy atom. The van der Waals surface area contributed by atoms with E-state index in [1.54, 1.807) is 12.4 Å². The Morgan fingerprint density at radius 2 is 2.26 bits per heavy atom. The Morgan fingerprint density at radius 3 is 2.84 bits per heavy atom. The van der Waals surface area contributed by atoms with Gasteiger partial charge < -0.3 is 10.2 Å². The van der Waals surface area contributed by atoms with Crippen molar-refractivity contribution in [2.45, 2.75) is 6.54 Å². The minimum Gasteiger partial charge on any atom is -0.374 e. The Labute approximate surface area is 117 Å². The highest BCUT2D eigenvalue weighted by atomic mass is 32.2. The summed E-state index contributed by atoms with van der Waals surface area (Å²) in [5, 5.41) is 14.0. The molecule has 0 amide bonds. The Bertz CT molecular complexity index is 425. The number of hydrogen-bond donors (Lipinski definition) is 1. The molecule has 0 atom stereocenters. The minimum atomic E-state index is -0.445. The first-order chi connectivity index (χ1) is 9.11. The molecule has 1 aromatic heterocycles. The van der Waals surface area contributed by atoms with Crippen LogP contribution >= 0.6 is 11.8 Å². The summed E-state index contributed by atoms with van der Waals surface area (Å²) in [6, 6.07) is 3.95. The SMILES string of the molecule is CSC(=C[N+](=O)[O-])NCCN(C)Cc1ccncc1. The molecular formula is C12H18N4O2S. The minimum absolute atomic E-state index is 0.445. The van der Waals surface area contributed by atoms with Crippen LogP contribution in [0.15, 0.2) is 35.8 Å². The maximum atomic E-state index is 10.4. The molecule has 0 saturated heterocycles. The molecular weight excluding hydrogens is 264 g/mol. The van der Waals surface area contributed by atoms with Gasteiger partial charge in [0.1, 0.15) is 5.03 Å². The van der Waals surface area contributed by atoms with Crippen LogP contribution in [0.25, 0.3) is 0 Å². The average Bonchev–Trinajstić information content (AvgIpc) is 2.38. The molecule has 104 valence electrons. The molecule has 1 heterocycles. The lowest BCUT2D eigenvalue weighted by atomic mass is 10.2. The topological polar surface area (TPSA) is 71.3 Å². The van der Waals surface area contributed by atoms with E-state index in [9.17, 15) is 10.1 Å². The number of hydrogen-bond acceptors (Lipinski definition) is 6. The molecule has 0 unspecified atom stereocenters. The lowest BCUT2D eigenvalue weighted by molar-refractivity contribution is -0.403. The van der Waals surface area contributed by atoms with Crippen LogP contribution in [0, 0.1) is 10.1 Å². The van der Waals surface area contributed by atoms with E-state index in [1.807, 2.05) is 25.4 Å². The molecule has 1 N–H and O–H groups in total. The van der Waals surface area contributed by atoms with Crippen molar-refractivity contribution in [2.24, 2.45) is 0 Å². The Balaban J connectivity index is 2.30. The fourth-order valence-electron chi connectivity index (χ4n) is 1.52. The van der Waals surface area contributed by atoms with E-state index in [1.165, 1.54) is 17.3 Å². The zero-order valence-electron chi connectivity index (χ0n) is 11.1. The van der Waals surface area contributed by atoms with E-state index in [4.69, 9.17) is 0 Å². The zero-order valence-corrected chi connectivity index (χ0v) is 11.9. The quantitative estimate of drug-likeness (QED) is 0.576. The third kappa shape index (κ3) is 6.78. The lowest BCUT2D eigenvalue weighted by Gasteiger charge is -2.17. The summed E-state index contributed by atoms with van der Waals surface area (Å²) in [7, 11) is 2.01. The predicted molar refractivity (Wildman–Crippen MR) is 77.2 cm³/mol. The highest BCUT2D eigenvalue weighted by molar-refractivity contribution is 8.02. The van der Waals surface area contributed by atoms with Crippen LogP contribution in [0.4, 0.5) is 0 Å². The third-order valence-electron chi connectivity index (χ3n) is 2.44. The summed E-state index contributed by atoms with van der Waals surface area (Å²) in [6.45, 7) is 2.30. The zero-order chi connectivity index (χ0) is 14.1. The molecule has 1 rings (SSSR count). The van der Waals surface area contributed by atoms with Gasteiger partial charge in [0.15, 0.2) is 0 Å². The molecule has 19 heavy (non-hydrogen) atoms. The number of likely N-dealkylation sites (N-methyl/N-ethyl adjacent to an activating group) is 1. The molecule has 6 nitrogen and oxygen atoms in total. The van der Waals surface area contributed by atoms with E-state index in [0.29, 0.717) is 11.6 Å². The maximum Gasteiger partial charge on any atom is 0.263 e. The van der Waals surface area contributed by atoms with Crippen LogP contribution in [-0.2, 0) is 6.54 Å².